The van der Waals surface area contributed by atoms with Gasteiger partial charge < -0.3 is 0 Å². The summed E-state index contributed by atoms with van der Waals surface area (Å²) in [5.74, 6) is 0. The van der Waals surface area contributed by atoms with E-state index in [1.54, 1.807) is 0 Å². The highest BCUT2D eigenvalue weighted by Gasteiger charge is 1.91. The molecule has 0 unspecified atom stereocenters. The maximum absolute atomic E-state index is 2.38. The maximum Gasteiger partial charge on any atom is 0.0474 e. The fourth-order valence-corrected chi connectivity index (χ4v) is 2.29. The van der Waals surface area contributed by atoms with Crippen LogP contribution in [0.15, 0.2) is 7.66 Å². The highest BCUT2D eigenvalue weighted by Crippen LogP contribution is 2.17. The molecule has 0 radical (unpaired) electrons. The second kappa shape index (κ2) is 13.3. The van der Waals surface area contributed by atoms with Crippen LogP contribution in [0.25, 0.3) is 0 Å². The van der Waals surface area contributed by atoms with Crippen molar-refractivity contribution < 1.29 is 0 Å². The third kappa shape index (κ3) is 15.2. The monoisotopic (exact) mass is 434 g/mol. The zero-order valence-electron chi connectivity index (χ0n) is 9.90. The van der Waals surface area contributed by atoms with Crippen LogP contribution in [-0.2, 0) is 0 Å². The summed E-state index contributed by atoms with van der Waals surface area (Å²) in [5, 5.41) is 0. The number of allylic oxidation sites excluding steroid dienone is 1. The molecule has 0 fully saturated rings. The molecule has 0 aliphatic rings. The van der Waals surface area contributed by atoms with E-state index in [9.17, 15) is 0 Å². The lowest BCUT2D eigenvalue weighted by atomic mass is 10.1. The Morgan fingerprint density at radius 3 is 1.73 bits per heavy atom. The molecule has 0 rings (SSSR count). The average molecular weight is 434 g/mol. The molecule has 0 saturated carbocycles. The molecule has 0 spiro atoms. The SMILES string of the molecule is CCCCCCCCCCCC=C(I)I. The summed E-state index contributed by atoms with van der Waals surface area (Å²) in [4.78, 5) is 0. The van der Waals surface area contributed by atoms with E-state index < -0.39 is 0 Å². The normalized spacial score (nSPS) is 10.3. The first-order chi connectivity index (χ1) is 7.27. The minimum Gasteiger partial charge on any atom is -0.0654 e. The van der Waals surface area contributed by atoms with Gasteiger partial charge in [0.1, 0.15) is 0 Å². The van der Waals surface area contributed by atoms with Gasteiger partial charge in [-0.3, -0.25) is 0 Å². The minimum absolute atomic E-state index is 1.27. The average Bonchev–Trinajstić information content (AvgIpc) is 2.20. The maximum atomic E-state index is 2.38. The Morgan fingerprint density at radius 2 is 1.27 bits per heavy atom. The molecule has 2 heteroatoms. The van der Waals surface area contributed by atoms with Gasteiger partial charge in [0.15, 0.2) is 0 Å². The molecule has 0 N–H and O–H groups in total. The van der Waals surface area contributed by atoms with Crippen LogP contribution in [0.5, 0.6) is 0 Å². The fraction of sp³-hybridized carbons (Fsp3) is 0.846. The van der Waals surface area contributed by atoms with Gasteiger partial charge in [0.2, 0.25) is 0 Å². The van der Waals surface area contributed by atoms with Crippen molar-refractivity contribution in [2.45, 2.75) is 71.1 Å². The van der Waals surface area contributed by atoms with Gasteiger partial charge in [0.25, 0.3) is 0 Å². The summed E-state index contributed by atoms with van der Waals surface area (Å²) in [6.07, 6.45) is 16.5. The van der Waals surface area contributed by atoms with Gasteiger partial charge in [-0.1, -0.05) is 64.4 Å². The highest BCUT2D eigenvalue weighted by atomic mass is 127. The zero-order valence-corrected chi connectivity index (χ0v) is 14.2. The Balaban J connectivity index is 2.96. The molecule has 0 atom stereocenters. The van der Waals surface area contributed by atoms with E-state index in [1.807, 2.05) is 0 Å². The van der Waals surface area contributed by atoms with Crippen molar-refractivity contribution in [3.63, 3.8) is 0 Å². The third-order valence-electron chi connectivity index (χ3n) is 2.61. The van der Waals surface area contributed by atoms with Crippen LogP contribution in [-0.4, -0.2) is 0 Å². The van der Waals surface area contributed by atoms with E-state index in [4.69, 9.17) is 0 Å². The van der Waals surface area contributed by atoms with Gasteiger partial charge in [-0.05, 0) is 58.0 Å². The van der Waals surface area contributed by atoms with E-state index in [2.05, 4.69) is 58.2 Å². The quantitative estimate of drug-likeness (QED) is 0.268. The van der Waals surface area contributed by atoms with Crippen molar-refractivity contribution in [3.8, 4) is 0 Å². The Morgan fingerprint density at radius 1 is 0.800 bits per heavy atom. The summed E-state index contributed by atoms with van der Waals surface area (Å²) < 4.78 is 1.41. The van der Waals surface area contributed by atoms with Crippen molar-refractivity contribution in [2.24, 2.45) is 0 Å². The van der Waals surface area contributed by atoms with Gasteiger partial charge in [0.05, 0.1) is 0 Å². The summed E-state index contributed by atoms with van der Waals surface area (Å²) in [6.45, 7) is 2.28. The van der Waals surface area contributed by atoms with Crippen LogP contribution in [0.3, 0.4) is 0 Å². The summed E-state index contributed by atoms with van der Waals surface area (Å²) in [6, 6.07) is 0. The molecule has 0 heterocycles. The fourth-order valence-electron chi connectivity index (χ4n) is 1.67. The van der Waals surface area contributed by atoms with Crippen molar-refractivity contribution in [1.82, 2.24) is 0 Å². The molecule has 0 bridgehead atoms. The van der Waals surface area contributed by atoms with Crippen LogP contribution in [0.2, 0.25) is 0 Å². The first-order valence-corrected chi connectivity index (χ1v) is 8.44. The molecule has 0 aromatic rings. The van der Waals surface area contributed by atoms with Crippen molar-refractivity contribution in [2.75, 3.05) is 0 Å². The van der Waals surface area contributed by atoms with Crippen LogP contribution < -0.4 is 0 Å². The van der Waals surface area contributed by atoms with Gasteiger partial charge in [-0.25, -0.2) is 0 Å². The molecule has 0 aromatic carbocycles. The molecule has 15 heavy (non-hydrogen) atoms. The predicted octanol–water partition coefficient (Wildman–Crippen LogP) is 6.62. The van der Waals surface area contributed by atoms with E-state index in [-0.39, 0.29) is 0 Å². The van der Waals surface area contributed by atoms with E-state index in [1.165, 1.54) is 65.8 Å². The number of hydrogen-bond acceptors (Lipinski definition) is 0. The third-order valence-corrected chi connectivity index (χ3v) is 3.49. The predicted molar refractivity (Wildman–Crippen MR) is 88.0 cm³/mol. The first kappa shape index (κ1) is 16.2. The number of unbranched alkanes of at least 4 members (excludes halogenated alkanes) is 9. The minimum atomic E-state index is 1.27. The molecule has 0 aliphatic heterocycles. The second-order valence-corrected chi connectivity index (χ2v) is 8.50. The van der Waals surface area contributed by atoms with E-state index in [0.29, 0.717) is 0 Å². The molecule has 0 saturated heterocycles. The van der Waals surface area contributed by atoms with Crippen molar-refractivity contribution in [3.05, 3.63) is 7.66 Å². The van der Waals surface area contributed by atoms with Gasteiger partial charge >= 0.3 is 0 Å². The molecular weight excluding hydrogens is 410 g/mol. The molecule has 0 nitrogen and oxygen atoms in total. The molecule has 0 aromatic heterocycles. The molecular formula is C13H24I2. The summed E-state index contributed by atoms with van der Waals surface area (Å²) >= 11 is 4.75. The van der Waals surface area contributed by atoms with E-state index >= 15 is 0 Å². The Bertz CT molecular complexity index is 149. The lowest BCUT2D eigenvalue weighted by molar-refractivity contribution is 0.566. The van der Waals surface area contributed by atoms with Crippen molar-refractivity contribution in [1.29, 1.82) is 0 Å². The van der Waals surface area contributed by atoms with Crippen LogP contribution in [0.4, 0.5) is 0 Å². The van der Waals surface area contributed by atoms with Gasteiger partial charge in [0, 0.05) is 1.59 Å². The molecule has 90 valence electrons. The Kier molecular flexibility index (Phi) is 14.3. The van der Waals surface area contributed by atoms with Crippen molar-refractivity contribution >= 4 is 45.2 Å². The second-order valence-electron chi connectivity index (χ2n) is 4.11. The number of hydrogen-bond donors (Lipinski definition) is 0. The lowest BCUT2D eigenvalue weighted by Gasteiger charge is -2.00. The smallest absolute Gasteiger partial charge is 0.0474 e. The Labute approximate surface area is 123 Å². The number of rotatable bonds is 10. The molecule has 0 aliphatic carbocycles. The highest BCUT2D eigenvalue weighted by molar-refractivity contribution is 14.2. The first-order valence-electron chi connectivity index (χ1n) is 6.28. The summed E-state index contributed by atoms with van der Waals surface area (Å²) in [5.41, 5.74) is 0. The topological polar surface area (TPSA) is 0 Å². The van der Waals surface area contributed by atoms with Crippen LogP contribution >= 0.6 is 45.2 Å². The van der Waals surface area contributed by atoms with Crippen LogP contribution in [0.1, 0.15) is 71.1 Å². The van der Waals surface area contributed by atoms with Gasteiger partial charge in [-0.15, -0.1) is 0 Å². The van der Waals surface area contributed by atoms with Crippen LogP contribution in [0, 0.1) is 0 Å². The van der Waals surface area contributed by atoms with Gasteiger partial charge in [-0.2, -0.15) is 0 Å². The standard InChI is InChI=1S/C13H24I2/c1-2-3-4-5-6-7-8-9-10-11-12-13(14)15/h12H,2-11H2,1H3. The van der Waals surface area contributed by atoms with E-state index in [0.717, 1.165) is 0 Å². The Hall–Kier alpha value is 1.20. The summed E-state index contributed by atoms with van der Waals surface area (Å²) in [7, 11) is 0. The molecule has 0 amide bonds. The number of halogens is 2. The zero-order chi connectivity index (χ0) is 11.4. The largest absolute Gasteiger partial charge is 0.0654 e. The lowest BCUT2D eigenvalue weighted by Crippen LogP contribution is -1.80.